The van der Waals surface area contributed by atoms with Gasteiger partial charge in [0, 0.05) is 51.3 Å². The van der Waals surface area contributed by atoms with Gasteiger partial charge in [0.1, 0.15) is 5.82 Å². The predicted octanol–water partition coefficient (Wildman–Crippen LogP) is 3.23. The molecule has 1 N–H and O–H groups in total. The fourth-order valence-electron chi connectivity index (χ4n) is 7.28. The summed E-state index contributed by atoms with van der Waals surface area (Å²) in [6.07, 6.45) is 10.5. The van der Waals surface area contributed by atoms with Crippen molar-refractivity contribution in [1.82, 2.24) is 15.2 Å². The maximum Gasteiger partial charge on any atom is 0.223 e. The summed E-state index contributed by atoms with van der Waals surface area (Å²) >= 11 is 0. The summed E-state index contributed by atoms with van der Waals surface area (Å²) < 4.78 is 0. The molecule has 6 rings (SSSR count). The third kappa shape index (κ3) is 4.31. The Morgan fingerprint density at radius 3 is 2.26 bits per heavy atom. The van der Waals surface area contributed by atoms with E-state index < -0.39 is 0 Å². The summed E-state index contributed by atoms with van der Waals surface area (Å²) in [6, 6.07) is 6.14. The monoisotopic (exact) mass is 424 g/mol. The van der Waals surface area contributed by atoms with E-state index >= 15 is 0 Å². The first kappa shape index (κ1) is 20.8. The van der Waals surface area contributed by atoms with Crippen molar-refractivity contribution in [2.45, 2.75) is 64.3 Å². The van der Waals surface area contributed by atoms with Crippen molar-refractivity contribution in [3.05, 3.63) is 24.4 Å². The lowest BCUT2D eigenvalue weighted by Crippen LogP contribution is -2.55. The summed E-state index contributed by atoms with van der Waals surface area (Å²) in [6.45, 7) is 5.18. The summed E-state index contributed by atoms with van der Waals surface area (Å²) in [5.74, 6) is 3.76. The lowest BCUT2D eigenvalue weighted by molar-refractivity contribution is -0.134. The molecule has 2 heterocycles. The minimum Gasteiger partial charge on any atom is -0.353 e. The van der Waals surface area contributed by atoms with E-state index in [1.54, 1.807) is 6.20 Å². The molecule has 0 spiro atoms. The van der Waals surface area contributed by atoms with Crippen LogP contribution in [-0.2, 0) is 9.59 Å². The molecule has 1 aliphatic heterocycles. The molecule has 0 unspecified atom stereocenters. The zero-order valence-corrected chi connectivity index (χ0v) is 18.8. The molecule has 31 heavy (non-hydrogen) atoms. The Kier molecular flexibility index (Phi) is 5.65. The van der Waals surface area contributed by atoms with E-state index in [9.17, 15) is 9.59 Å². The van der Waals surface area contributed by atoms with Gasteiger partial charge in [-0.2, -0.15) is 0 Å². The number of carbonyl (C=O) groups excluding carboxylic acids is 2. The zero-order chi connectivity index (χ0) is 21.4. The molecule has 5 aliphatic rings. The van der Waals surface area contributed by atoms with Gasteiger partial charge in [-0.25, -0.2) is 4.98 Å². The highest BCUT2D eigenvalue weighted by Crippen LogP contribution is 2.61. The van der Waals surface area contributed by atoms with Crippen LogP contribution in [0.5, 0.6) is 0 Å². The van der Waals surface area contributed by atoms with Crippen molar-refractivity contribution >= 4 is 17.6 Å². The Bertz CT molecular complexity index is 768. The molecule has 1 aromatic heterocycles. The topological polar surface area (TPSA) is 65.5 Å². The Labute approximate surface area is 185 Å². The molecule has 6 heteroatoms. The molecule has 0 aromatic carbocycles. The zero-order valence-electron chi connectivity index (χ0n) is 18.8. The molecule has 5 fully saturated rings. The second-order valence-corrected chi connectivity index (χ2v) is 10.6. The van der Waals surface area contributed by atoms with E-state index in [0.29, 0.717) is 31.3 Å². The quantitative estimate of drug-likeness (QED) is 0.761. The molecular formula is C25H36N4O2. The minimum absolute atomic E-state index is 0.0451. The first-order chi connectivity index (χ1) is 15.0. The number of nitrogens with zero attached hydrogens (tertiary/aromatic N) is 3. The third-order valence-corrected chi connectivity index (χ3v) is 8.55. The van der Waals surface area contributed by atoms with Crippen LogP contribution in [0.1, 0.15) is 58.3 Å². The summed E-state index contributed by atoms with van der Waals surface area (Å²) in [7, 11) is 0. The summed E-state index contributed by atoms with van der Waals surface area (Å²) in [5, 5.41) is 3.30. The Balaban J connectivity index is 1.07. The smallest absolute Gasteiger partial charge is 0.223 e. The highest BCUT2D eigenvalue weighted by Gasteiger charge is 2.53. The largest absolute Gasteiger partial charge is 0.353 e. The SMILES string of the molecule is C[C@H](NC(=O)CCC(=O)N1CCN(c2ccccn2)CC1)C12CC3CC(CC(C3)C1)C2. The lowest BCUT2D eigenvalue weighted by Gasteiger charge is -2.59. The van der Waals surface area contributed by atoms with E-state index in [-0.39, 0.29) is 17.9 Å². The fourth-order valence-corrected chi connectivity index (χ4v) is 7.28. The maximum atomic E-state index is 12.7. The minimum atomic E-state index is 0.0451. The van der Waals surface area contributed by atoms with E-state index in [1.165, 1.54) is 38.5 Å². The molecule has 1 atom stereocenters. The highest BCUT2D eigenvalue weighted by atomic mass is 16.2. The van der Waals surface area contributed by atoms with Crippen LogP contribution in [0.3, 0.4) is 0 Å². The van der Waals surface area contributed by atoms with Crippen molar-refractivity contribution in [3.8, 4) is 0 Å². The molecule has 1 saturated heterocycles. The van der Waals surface area contributed by atoms with E-state index in [1.807, 2.05) is 23.1 Å². The molecule has 4 bridgehead atoms. The van der Waals surface area contributed by atoms with Gasteiger partial charge in [-0.05, 0) is 80.8 Å². The van der Waals surface area contributed by atoms with Crippen molar-refractivity contribution in [3.63, 3.8) is 0 Å². The number of carbonyl (C=O) groups is 2. The average Bonchev–Trinajstić information content (AvgIpc) is 2.77. The van der Waals surface area contributed by atoms with Crippen molar-refractivity contribution in [2.75, 3.05) is 31.1 Å². The number of pyridine rings is 1. The van der Waals surface area contributed by atoms with Gasteiger partial charge in [-0.1, -0.05) is 6.07 Å². The molecule has 4 saturated carbocycles. The fraction of sp³-hybridized carbons (Fsp3) is 0.720. The molecule has 6 nitrogen and oxygen atoms in total. The molecule has 4 aliphatic carbocycles. The molecule has 168 valence electrons. The van der Waals surface area contributed by atoms with Crippen LogP contribution in [0.4, 0.5) is 5.82 Å². The van der Waals surface area contributed by atoms with E-state index in [2.05, 4.69) is 22.1 Å². The molecule has 2 amide bonds. The van der Waals surface area contributed by atoms with Crippen LogP contribution in [0.15, 0.2) is 24.4 Å². The van der Waals surface area contributed by atoms with Gasteiger partial charge < -0.3 is 15.1 Å². The van der Waals surface area contributed by atoms with Crippen LogP contribution in [-0.4, -0.2) is 53.9 Å². The van der Waals surface area contributed by atoms with Gasteiger partial charge in [0.25, 0.3) is 0 Å². The standard InChI is InChI=1S/C25H36N4O2/c1-18(25-15-19-12-20(16-25)14-21(13-19)17-25)27-23(30)5-6-24(31)29-10-8-28(9-11-29)22-4-2-3-7-26-22/h2-4,7,18-21H,5-6,8-17H2,1H3,(H,27,30)/t18-,19?,20?,21?,25?/m0/s1. The Morgan fingerprint density at radius 2 is 1.68 bits per heavy atom. The van der Waals surface area contributed by atoms with Gasteiger partial charge in [0.15, 0.2) is 0 Å². The number of hydrogen-bond acceptors (Lipinski definition) is 4. The Morgan fingerprint density at radius 1 is 1.03 bits per heavy atom. The maximum absolute atomic E-state index is 12.7. The first-order valence-corrected chi connectivity index (χ1v) is 12.2. The average molecular weight is 425 g/mol. The number of rotatable bonds is 6. The normalized spacial score (nSPS) is 32.7. The van der Waals surface area contributed by atoms with Crippen LogP contribution in [0.25, 0.3) is 0 Å². The summed E-state index contributed by atoms with van der Waals surface area (Å²) in [4.78, 5) is 33.8. The Hall–Kier alpha value is -2.11. The van der Waals surface area contributed by atoms with Gasteiger partial charge in [-0.3, -0.25) is 9.59 Å². The predicted molar refractivity (Wildman–Crippen MR) is 120 cm³/mol. The van der Waals surface area contributed by atoms with Gasteiger partial charge in [0.05, 0.1) is 0 Å². The molecule has 1 aromatic rings. The van der Waals surface area contributed by atoms with Gasteiger partial charge in [-0.15, -0.1) is 0 Å². The van der Waals surface area contributed by atoms with E-state index in [4.69, 9.17) is 0 Å². The van der Waals surface area contributed by atoms with Crippen molar-refractivity contribution in [1.29, 1.82) is 0 Å². The second kappa shape index (κ2) is 8.44. The molecular weight excluding hydrogens is 388 g/mol. The van der Waals surface area contributed by atoms with Crippen LogP contribution < -0.4 is 10.2 Å². The van der Waals surface area contributed by atoms with Crippen molar-refractivity contribution < 1.29 is 9.59 Å². The summed E-state index contributed by atoms with van der Waals surface area (Å²) in [5.41, 5.74) is 0.316. The van der Waals surface area contributed by atoms with E-state index in [0.717, 1.165) is 36.7 Å². The highest BCUT2D eigenvalue weighted by molar-refractivity contribution is 5.84. The van der Waals surface area contributed by atoms with Gasteiger partial charge >= 0.3 is 0 Å². The van der Waals surface area contributed by atoms with Crippen LogP contribution in [0.2, 0.25) is 0 Å². The number of amides is 2. The van der Waals surface area contributed by atoms with Crippen LogP contribution in [0, 0.1) is 23.2 Å². The number of anilines is 1. The third-order valence-electron chi connectivity index (χ3n) is 8.55. The number of piperazine rings is 1. The second-order valence-electron chi connectivity index (χ2n) is 10.6. The lowest BCUT2D eigenvalue weighted by atomic mass is 9.48. The molecule has 0 radical (unpaired) electrons. The number of hydrogen-bond donors (Lipinski definition) is 1. The van der Waals surface area contributed by atoms with Crippen LogP contribution >= 0.6 is 0 Å². The van der Waals surface area contributed by atoms with Gasteiger partial charge in [0.2, 0.25) is 11.8 Å². The number of aromatic nitrogens is 1. The number of nitrogens with one attached hydrogen (secondary N) is 1. The first-order valence-electron chi connectivity index (χ1n) is 12.2. The van der Waals surface area contributed by atoms with Crippen molar-refractivity contribution in [2.24, 2.45) is 23.2 Å².